The molecule has 1 amide bonds. The molecule has 0 bridgehead atoms. The molecule has 2 aromatic carbocycles. The number of carboxylic acid groups (broad SMARTS) is 4. The number of fused-ring (bicyclic) bond motifs is 1. The maximum absolute atomic E-state index is 12.7. The topological polar surface area (TPSA) is 220 Å². The number of aliphatic carboxylic acids is 4. The Hall–Kier alpha value is -5.67. The number of carboxylic acids is 4. The van der Waals surface area contributed by atoms with E-state index in [4.69, 9.17) is 25.4 Å². The van der Waals surface area contributed by atoms with Crippen LogP contribution < -0.4 is 5.32 Å². The number of imidazole rings is 1. The number of hydrogen-bond acceptors (Lipinski definition) is 9. The third-order valence-electron chi connectivity index (χ3n) is 7.03. The highest BCUT2D eigenvalue weighted by atomic mass is 16.4. The first-order valence-corrected chi connectivity index (χ1v) is 15.8. The molecule has 0 radical (unpaired) electrons. The van der Waals surface area contributed by atoms with E-state index in [0.29, 0.717) is 49.7 Å². The third kappa shape index (κ3) is 16.0. The third-order valence-corrected chi connectivity index (χ3v) is 7.03. The average molecular weight is 694 g/mol. The lowest BCUT2D eigenvalue weighted by Gasteiger charge is -2.34. The van der Waals surface area contributed by atoms with Crippen molar-refractivity contribution in [3.05, 3.63) is 90.3 Å². The van der Waals surface area contributed by atoms with E-state index in [9.17, 15) is 28.8 Å². The molecule has 0 spiro atoms. The fourth-order valence-electron chi connectivity index (χ4n) is 4.64. The minimum Gasteiger partial charge on any atom is -0.478 e. The predicted molar refractivity (Wildman–Crippen MR) is 184 cm³/mol. The minimum atomic E-state index is -1.26. The minimum absolute atomic E-state index is 0.104. The lowest BCUT2D eigenvalue weighted by molar-refractivity contribution is -0.134. The molecular formula is C35H43N5O10. The van der Waals surface area contributed by atoms with Crippen LogP contribution in [0.25, 0.3) is 11.0 Å². The van der Waals surface area contributed by atoms with Gasteiger partial charge < -0.3 is 30.3 Å². The Balaban J connectivity index is 0.000000450. The second kappa shape index (κ2) is 21.3. The summed E-state index contributed by atoms with van der Waals surface area (Å²) in [7, 11) is 0. The molecule has 1 saturated heterocycles. The standard InChI is InChI=1S/C27H35N5O2.2C4H4O4/c1-21(2)18-28-27(34)20-31-16-14-30(15-17-31)19-26-29-23-10-6-7-11-24(23)32(26)13-12-25(33)22-8-4-3-5-9-22;2*5-3(6)1-2-4(7)8/h3-11,21H,12-20H2,1-2H3,(H,28,34);2*1-2H,(H,5,6)(H,7,8)/b;2*2-1+. The second-order valence-electron chi connectivity index (χ2n) is 11.5. The van der Waals surface area contributed by atoms with Gasteiger partial charge in [-0.3, -0.25) is 19.4 Å². The van der Waals surface area contributed by atoms with Gasteiger partial charge in [0, 0.05) is 75.6 Å². The van der Waals surface area contributed by atoms with Crippen LogP contribution >= 0.6 is 0 Å². The first kappa shape index (κ1) is 40.5. The number of benzene rings is 2. The summed E-state index contributed by atoms with van der Waals surface area (Å²) in [4.78, 5) is 72.6. The van der Waals surface area contributed by atoms with E-state index >= 15 is 0 Å². The van der Waals surface area contributed by atoms with Gasteiger partial charge in [-0.25, -0.2) is 24.2 Å². The molecule has 0 unspecified atom stereocenters. The molecule has 1 aliphatic heterocycles. The van der Waals surface area contributed by atoms with Crippen molar-refractivity contribution in [2.45, 2.75) is 33.4 Å². The Morgan fingerprint density at radius 3 is 1.76 bits per heavy atom. The summed E-state index contributed by atoms with van der Waals surface area (Å²) in [5.74, 6) is -3.33. The molecule has 0 aliphatic carbocycles. The number of para-hydroxylation sites is 2. The van der Waals surface area contributed by atoms with Crippen molar-refractivity contribution < 1.29 is 49.2 Å². The Morgan fingerprint density at radius 1 is 0.740 bits per heavy atom. The summed E-state index contributed by atoms with van der Waals surface area (Å²) in [6.45, 7) is 10.2. The normalized spacial score (nSPS) is 13.3. The quantitative estimate of drug-likeness (QED) is 0.121. The van der Waals surface area contributed by atoms with Gasteiger partial charge in [0.1, 0.15) is 5.82 Å². The molecule has 1 aromatic heterocycles. The number of nitrogens with zero attached hydrogens (tertiary/aromatic N) is 4. The van der Waals surface area contributed by atoms with E-state index in [2.05, 4.69) is 39.6 Å². The number of carbonyl (C=O) groups is 6. The van der Waals surface area contributed by atoms with Crippen LogP contribution in [-0.4, -0.2) is 115 Å². The summed E-state index contributed by atoms with van der Waals surface area (Å²) in [5.41, 5.74) is 2.78. The maximum atomic E-state index is 12.7. The molecule has 4 rings (SSSR count). The summed E-state index contributed by atoms with van der Waals surface area (Å²) < 4.78 is 2.20. The number of amides is 1. The Kier molecular flexibility index (Phi) is 17.3. The SMILES string of the molecule is CC(C)CNC(=O)CN1CCN(Cc2nc3ccccc3n2CCC(=O)c2ccccc2)CC1.O=C(O)/C=C/C(=O)O.O=C(O)/C=C/C(=O)O. The molecule has 0 saturated carbocycles. The lowest BCUT2D eigenvalue weighted by Crippen LogP contribution is -2.49. The largest absolute Gasteiger partial charge is 0.478 e. The number of ketones is 1. The van der Waals surface area contributed by atoms with Crippen LogP contribution in [0.2, 0.25) is 0 Å². The predicted octanol–water partition coefficient (Wildman–Crippen LogP) is 2.62. The van der Waals surface area contributed by atoms with Crippen LogP contribution in [0.5, 0.6) is 0 Å². The number of nitrogens with one attached hydrogen (secondary N) is 1. The number of aryl methyl sites for hydroxylation is 1. The van der Waals surface area contributed by atoms with Crippen LogP contribution in [0.15, 0.2) is 78.9 Å². The monoisotopic (exact) mass is 693 g/mol. The van der Waals surface area contributed by atoms with Crippen molar-refractivity contribution >= 4 is 46.6 Å². The van der Waals surface area contributed by atoms with Crippen molar-refractivity contribution in [3.8, 4) is 0 Å². The average Bonchev–Trinajstić information content (AvgIpc) is 3.42. The molecule has 2 heterocycles. The summed E-state index contributed by atoms with van der Waals surface area (Å²) in [6, 6.07) is 17.6. The zero-order chi connectivity index (χ0) is 37.1. The number of aromatic nitrogens is 2. The van der Waals surface area contributed by atoms with Gasteiger partial charge in [0.05, 0.1) is 24.1 Å². The molecule has 3 aromatic rings. The number of rotatable bonds is 14. The highest BCUT2D eigenvalue weighted by Gasteiger charge is 2.21. The molecule has 5 N–H and O–H groups in total. The Morgan fingerprint density at radius 2 is 1.24 bits per heavy atom. The van der Waals surface area contributed by atoms with Crippen LogP contribution in [0.3, 0.4) is 0 Å². The van der Waals surface area contributed by atoms with Crippen molar-refractivity contribution in [2.24, 2.45) is 5.92 Å². The van der Waals surface area contributed by atoms with Gasteiger partial charge in [0.25, 0.3) is 0 Å². The first-order chi connectivity index (χ1) is 23.7. The molecule has 1 aliphatic rings. The van der Waals surface area contributed by atoms with E-state index in [-0.39, 0.29) is 11.7 Å². The van der Waals surface area contributed by atoms with Gasteiger partial charge in [-0.2, -0.15) is 0 Å². The molecule has 50 heavy (non-hydrogen) atoms. The number of piperazine rings is 1. The Labute approximate surface area is 289 Å². The van der Waals surface area contributed by atoms with E-state index < -0.39 is 23.9 Å². The first-order valence-electron chi connectivity index (χ1n) is 15.8. The summed E-state index contributed by atoms with van der Waals surface area (Å²) in [5, 5.41) is 34.3. The summed E-state index contributed by atoms with van der Waals surface area (Å²) in [6.07, 6.45) is 2.67. The highest BCUT2D eigenvalue weighted by molar-refractivity contribution is 5.96. The van der Waals surface area contributed by atoms with Gasteiger partial charge >= 0.3 is 23.9 Å². The van der Waals surface area contributed by atoms with Crippen molar-refractivity contribution in [1.82, 2.24) is 24.7 Å². The molecular weight excluding hydrogens is 650 g/mol. The number of Topliss-reactive ketones (excluding diaryl/α,β-unsaturated/α-hetero) is 1. The van der Waals surface area contributed by atoms with E-state index in [1.807, 2.05) is 48.5 Å². The van der Waals surface area contributed by atoms with Crippen LogP contribution in [0.1, 0.15) is 36.5 Å². The van der Waals surface area contributed by atoms with Crippen LogP contribution in [-0.2, 0) is 37.1 Å². The van der Waals surface area contributed by atoms with Crippen molar-refractivity contribution in [3.63, 3.8) is 0 Å². The van der Waals surface area contributed by atoms with Gasteiger partial charge in [-0.1, -0.05) is 56.3 Å². The zero-order valence-electron chi connectivity index (χ0n) is 28.0. The molecule has 1 fully saturated rings. The number of carbonyl (C=O) groups excluding carboxylic acids is 2. The molecule has 268 valence electrons. The fraction of sp³-hybridized carbons (Fsp3) is 0.343. The van der Waals surface area contributed by atoms with Crippen molar-refractivity contribution in [2.75, 3.05) is 39.3 Å². The van der Waals surface area contributed by atoms with Gasteiger partial charge in [0.15, 0.2) is 5.78 Å². The fourth-order valence-corrected chi connectivity index (χ4v) is 4.64. The second-order valence-corrected chi connectivity index (χ2v) is 11.5. The van der Waals surface area contributed by atoms with E-state index in [0.717, 1.165) is 61.7 Å². The zero-order valence-corrected chi connectivity index (χ0v) is 28.0. The van der Waals surface area contributed by atoms with Crippen molar-refractivity contribution in [1.29, 1.82) is 0 Å². The maximum Gasteiger partial charge on any atom is 0.328 e. The number of hydrogen-bond donors (Lipinski definition) is 5. The van der Waals surface area contributed by atoms with Gasteiger partial charge in [-0.15, -0.1) is 0 Å². The summed E-state index contributed by atoms with van der Waals surface area (Å²) >= 11 is 0. The lowest BCUT2D eigenvalue weighted by atomic mass is 10.1. The highest BCUT2D eigenvalue weighted by Crippen LogP contribution is 2.19. The van der Waals surface area contributed by atoms with Gasteiger partial charge in [0.2, 0.25) is 5.91 Å². The van der Waals surface area contributed by atoms with Crippen LogP contribution in [0.4, 0.5) is 0 Å². The molecule has 15 nitrogen and oxygen atoms in total. The van der Waals surface area contributed by atoms with Crippen LogP contribution in [0, 0.1) is 5.92 Å². The molecule has 0 atom stereocenters. The van der Waals surface area contributed by atoms with Gasteiger partial charge in [-0.05, 0) is 18.1 Å². The van der Waals surface area contributed by atoms with E-state index in [1.54, 1.807) is 0 Å². The molecule has 15 heteroatoms. The Bertz CT molecular complexity index is 1590. The van der Waals surface area contributed by atoms with E-state index in [1.165, 1.54) is 0 Å². The smallest absolute Gasteiger partial charge is 0.328 e.